The fourth-order valence-corrected chi connectivity index (χ4v) is 1.58. The Bertz CT molecular complexity index is 355. The quantitative estimate of drug-likeness (QED) is 0.715. The summed E-state index contributed by atoms with van der Waals surface area (Å²) in [7, 11) is 1.81. The number of hydrazine groups is 1. The van der Waals surface area contributed by atoms with Gasteiger partial charge in [0.2, 0.25) is 0 Å². The van der Waals surface area contributed by atoms with Crippen molar-refractivity contribution in [2.24, 2.45) is 0 Å². The van der Waals surface area contributed by atoms with Crippen LogP contribution in [0.3, 0.4) is 0 Å². The van der Waals surface area contributed by atoms with Crippen LogP contribution < -0.4 is 10.4 Å². The lowest BCUT2D eigenvalue weighted by Gasteiger charge is -2.34. The Morgan fingerprint density at radius 2 is 2.08 bits per heavy atom. The van der Waals surface area contributed by atoms with Gasteiger partial charge in [0, 0.05) is 7.05 Å². The number of nitrogens with zero attached hydrogens (tertiary/aromatic N) is 2. The summed E-state index contributed by atoms with van der Waals surface area (Å²) in [5, 5.41) is 11.2. The maximum atomic E-state index is 8.61. The SMILES string of the molecule is CNN1c2cc(C#N)cc1c2Cl. The first kappa shape index (κ1) is 7.41. The van der Waals surface area contributed by atoms with Gasteiger partial charge in [-0.2, -0.15) is 5.26 Å². The van der Waals surface area contributed by atoms with Crippen LogP contribution >= 0.6 is 11.6 Å². The van der Waals surface area contributed by atoms with Crippen molar-refractivity contribution < 1.29 is 0 Å². The summed E-state index contributed by atoms with van der Waals surface area (Å²) in [6, 6.07) is 5.58. The number of nitrogens with one attached hydrogen (secondary N) is 1. The van der Waals surface area contributed by atoms with Gasteiger partial charge in [-0.3, -0.25) is 5.01 Å². The number of anilines is 2. The zero-order valence-electron chi connectivity index (χ0n) is 6.43. The lowest BCUT2D eigenvalue weighted by molar-refractivity contribution is 0.810. The van der Waals surface area contributed by atoms with Gasteiger partial charge in [-0.25, -0.2) is 5.43 Å². The molecule has 0 aliphatic carbocycles. The van der Waals surface area contributed by atoms with Crippen LogP contribution in [0.1, 0.15) is 5.56 Å². The van der Waals surface area contributed by atoms with E-state index in [1.165, 1.54) is 0 Å². The average molecular weight is 180 g/mol. The highest BCUT2D eigenvalue weighted by Gasteiger charge is 2.27. The molecule has 2 aliphatic heterocycles. The van der Waals surface area contributed by atoms with Gasteiger partial charge in [0.15, 0.2) is 0 Å². The molecule has 0 fully saturated rings. The molecule has 0 saturated carbocycles. The van der Waals surface area contributed by atoms with Crippen LogP contribution in [0.5, 0.6) is 0 Å². The molecule has 0 atom stereocenters. The number of hydrogen-bond acceptors (Lipinski definition) is 3. The van der Waals surface area contributed by atoms with E-state index in [2.05, 4.69) is 11.5 Å². The maximum Gasteiger partial charge on any atom is 0.0993 e. The van der Waals surface area contributed by atoms with E-state index in [4.69, 9.17) is 16.9 Å². The molecule has 1 aromatic carbocycles. The second kappa shape index (κ2) is 2.37. The fourth-order valence-electron chi connectivity index (χ4n) is 1.30. The van der Waals surface area contributed by atoms with E-state index >= 15 is 0 Å². The number of nitriles is 1. The zero-order chi connectivity index (χ0) is 8.72. The fraction of sp³-hybridized carbons (Fsp3) is 0.125. The molecule has 2 heterocycles. The van der Waals surface area contributed by atoms with Gasteiger partial charge < -0.3 is 0 Å². The topological polar surface area (TPSA) is 39.1 Å². The lowest BCUT2D eigenvalue weighted by Crippen LogP contribution is -2.36. The standard InChI is InChI=1S/C8H6ClN3/c1-11-12-6-2-5(4-10)3-7(12)8(6)9/h2-3,11H,1H3. The normalized spacial score (nSPS) is 12.2. The molecule has 3 rings (SSSR count). The molecule has 1 aromatic rings. The number of fused-ring (bicyclic) bond motifs is 2. The van der Waals surface area contributed by atoms with E-state index in [0.717, 1.165) is 16.4 Å². The third-order valence-electron chi connectivity index (χ3n) is 1.87. The summed E-state index contributed by atoms with van der Waals surface area (Å²) in [5.74, 6) is 0. The third-order valence-corrected chi connectivity index (χ3v) is 2.26. The monoisotopic (exact) mass is 179 g/mol. The first-order chi connectivity index (χ1) is 5.77. The van der Waals surface area contributed by atoms with Crippen LogP contribution in [0.4, 0.5) is 11.4 Å². The molecule has 4 heteroatoms. The summed E-state index contributed by atoms with van der Waals surface area (Å²) >= 11 is 5.89. The molecule has 0 amide bonds. The lowest BCUT2D eigenvalue weighted by atomic mass is 10.1. The van der Waals surface area contributed by atoms with E-state index < -0.39 is 0 Å². The van der Waals surface area contributed by atoms with Gasteiger partial charge in [-0.05, 0) is 12.1 Å². The molecule has 0 aromatic heterocycles. The third kappa shape index (κ3) is 0.737. The van der Waals surface area contributed by atoms with Crippen molar-refractivity contribution in [2.75, 3.05) is 12.1 Å². The first-order valence-corrected chi connectivity index (χ1v) is 3.87. The minimum Gasteiger partial charge on any atom is -0.274 e. The Labute approximate surface area is 75.1 Å². The molecule has 1 N–H and O–H groups in total. The number of rotatable bonds is 1. The van der Waals surface area contributed by atoms with Crippen LogP contribution in [-0.4, -0.2) is 7.05 Å². The Morgan fingerprint density at radius 3 is 2.50 bits per heavy atom. The minimum absolute atomic E-state index is 0.649. The van der Waals surface area contributed by atoms with Crippen molar-refractivity contribution in [3.63, 3.8) is 0 Å². The van der Waals surface area contributed by atoms with Crippen LogP contribution in [0.2, 0.25) is 5.02 Å². The van der Waals surface area contributed by atoms with Crippen LogP contribution in [0.15, 0.2) is 12.1 Å². The van der Waals surface area contributed by atoms with E-state index in [1.807, 2.05) is 12.1 Å². The van der Waals surface area contributed by atoms with Crippen LogP contribution in [0.25, 0.3) is 0 Å². The second-order valence-electron chi connectivity index (χ2n) is 2.50. The minimum atomic E-state index is 0.649. The van der Waals surface area contributed by atoms with Crippen LogP contribution in [-0.2, 0) is 0 Å². The van der Waals surface area contributed by atoms with Gasteiger partial charge in [-0.1, -0.05) is 11.6 Å². The largest absolute Gasteiger partial charge is 0.274 e. The smallest absolute Gasteiger partial charge is 0.0993 e. The average Bonchev–Trinajstić information content (AvgIpc) is 2.15. The molecule has 0 radical (unpaired) electrons. The van der Waals surface area contributed by atoms with Gasteiger partial charge >= 0.3 is 0 Å². The molecule has 0 spiro atoms. The summed E-state index contributed by atoms with van der Waals surface area (Å²) in [4.78, 5) is 0. The van der Waals surface area contributed by atoms with Gasteiger partial charge in [-0.15, -0.1) is 0 Å². The van der Waals surface area contributed by atoms with Crippen molar-refractivity contribution in [3.8, 4) is 6.07 Å². The Kier molecular flexibility index (Phi) is 1.47. The molecule has 2 bridgehead atoms. The zero-order valence-corrected chi connectivity index (χ0v) is 7.18. The van der Waals surface area contributed by atoms with E-state index in [9.17, 15) is 0 Å². The maximum absolute atomic E-state index is 8.61. The molecule has 0 unspecified atom stereocenters. The number of halogens is 1. The highest BCUT2D eigenvalue weighted by molar-refractivity contribution is 6.38. The summed E-state index contributed by atoms with van der Waals surface area (Å²) in [6.45, 7) is 0. The molecule has 2 aliphatic rings. The summed E-state index contributed by atoms with van der Waals surface area (Å²) < 4.78 is 0. The van der Waals surface area contributed by atoms with E-state index in [-0.39, 0.29) is 0 Å². The molecular formula is C8H6ClN3. The van der Waals surface area contributed by atoms with Crippen molar-refractivity contribution in [1.82, 2.24) is 5.43 Å². The molecule has 3 nitrogen and oxygen atoms in total. The van der Waals surface area contributed by atoms with Gasteiger partial charge in [0.1, 0.15) is 0 Å². The van der Waals surface area contributed by atoms with Gasteiger partial charge in [0.25, 0.3) is 0 Å². The summed E-state index contributed by atoms with van der Waals surface area (Å²) in [6.07, 6.45) is 0. The second-order valence-corrected chi connectivity index (χ2v) is 2.88. The van der Waals surface area contributed by atoms with E-state index in [0.29, 0.717) is 5.56 Å². The predicted octanol–water partition coefficient (Wildman–Crippen LogP) is 1.80. The van der Waals surface area contributed by atoms with Crippen molar-refractivity contribution >= 4 is 23.0 Å². The highest BCUT2D eigenvalue weighted by Crippen LogP contribution is 2.47. The predicted molar refractivity (Wildman–Crippen MR) is 47.4 cm³/mol. The number of hydrogen-bond donors (Lipinski definition) is 1. The van der Waals surface area contributed by atoms with Crippen LogP contribution in [0, 0.1) is 11.3 Å². The number of benzene rings is 1. The Balaban J connectivity index is 2.50. The van der Waals surface area contributed by atoms with Crippen molar-refractivity contribution in [3.05, 3.63) is 22.7 Å². The molecule has 0 saturated heterocycles. The summed E-state index contributed by atoms with van der Waals surface area (Å²) in [5.41, 5.74) is 5.33. The molecule has 12 heavy (non-hydrogen) atoms. The van der Waals surface area contributed by atoms with E-state index in [1.54, 1.807) is 12.1 Å². The van der Waals surface area contributed by atoms with Gasteiger partial charge in [0.05, 0.1) is 28.0 Å². The Morgan fingerprint density at radius 1 is 1.50 bits per heavy atom. The highest BCUT2D eigenvalue weighted by atomic mass is 35.5. The first-order valence-electron chi connectivity index (χ1n) is 3.49. The molecular weight excluding hydrogens is 174 g/mol. The molecule has 60 valence electrons. The van der Waals surface area contributed by atoms with Crippen molar-refractivity contribution in [2.45, 2.75) is 0 Å². The Hall–Kier alpha value is -1.24. The van der Waals surface area contributed by atoms with Crippen molar-refractivity contribution in [1.29, 1.82) is 5.26 Å².